The van der Waals surface area contributed by atoms with Crippen LogP contribution in [-0.4, -0.2) is 37.8 Å². The van der Waals surface area contributed by atoms with Crippen LogP contribution in [0.4, 0.5) is 0 Å². The number of aryl methyl sites for hydroxylation is 1. The Morgan fingerprint density at radius 2 is 1.89 bits per heavy atom. The quantitative estimate of drug-likeness (QED) is 0.750. The standard InChI is InChI=1S/C14H19NO3/c1-10-5-7-13(18-4)11(9-10)12(16)6-8-14(17)15(2)3/h5,7,9H,6,8H2,1-4H3. The SMILES string of the molecule is COc1ccc(C)cc1C(=O)CCC(=O)N(C)C. The summed E-state index contributed by atoms with van der Waals surface area (Å²) in [5.74, 6) is 0.448. The molecular weight excluding hydrogens is 230 g/mol. The number of benzene rings is 1. The Morgan fingerprint density at radius 1 is 1.22 bits per heavy atom. The maximum absolute atomic E-state index is 12.1. The molecule has 4 heteroatoms. The van der Waals surface area contributed by atoms with Crippen molar-refractivity contribution in [3.8, 4) is 5.75 Å². The number of hydrogen-bond donors (Lipinski definition) is 0. The van der Waals surface area contributed by atoms with E-state index < -0.39 is 0 Å². The van der Waals surface area contributed by atoms with E-state index in [0.29, 0.717) is 11.3 Å². The highest BCUT2D eigenvalue weighted by Gasteiger charge is 2.14. The summed E-state index contributed by atoms with van der Waals surface area (Å²) >= 11 is 0. The van der Waals surface area contributed by atoms with Crippen LogP contribution in [0, 0.1) is 6.92 Å². The molecule has 0 aliphatic carbocycles. The Balaban J connectivity index is 2.78. The number of amides is 1. The third kappa shape index (κ3) is 3.58. The number of hydrogen-bond acceptors (Lipinski definition) is 3. The lowest BCUT2D eigenvalue weighted by Crippen LogP contribution is -2.22. The number of methoxy groups -OCH3 is 1. The molecule has 0 radical (unpaired) electrons. The number of Topliss-reactive ketones (excluding diaryl/α,β-unsaturated/α-hetero) is 1. The molecule has 0 heterocycles. The Kier molecular flexibility index (Phi) is 4.89. The molecule has 98 valence electrons. The monoisotopic (exact) mass is 249 g/mol. The fraction of sp³-hybridized carbons (Fsp3) is 0.429. The topological polar surface area (TPSA) is 46.6 Å². The van der Waals surface area contributed by atoms with Gasteiger partial charge in [0.15, 0.2) is 5.78 Å². The normalized spacial score (nSPS) is 10.0. The molecule has 0 aliphatic rings. The van der Waals surface area contributed by atoms with E-state index in [4.69, 9.17) is 4.74 Å². The molecule has 0 unspecified atom stereocenters. The van der Waals surface area contributed by atoms with Gasteiger partial charge in [-0.2, -0.15) is 0 Å². The Morgan fingerprint density at radius 3 is 2.44 bits per heavy atom. The van der Waals surface area contributed by atoms with Gasteiger partial charge in [0.25, 0.3) is 0 Å². The molecule has 4 nitrogen and oxygen atoms in total. The summed E-state index contributed by atoms with van der Waals surface area (Å²) in [5.41, 5.74) is 1.54. The van der Waals surface area contributed by atoms with E-state index in [-0.39, 0.29) is 24.5 Å². The molecule has 1 rings (SSSR count). The summed E-state index contributed by atoms with van der Waals surface area (Å²) in [6.07, 6.45) is 0.430. The summed E-state index contributed by atoms with van der Waals surface area (Å²) in [4.78, 5) is 25.0. The van der Waals surface area contributed by atoms with Crippen LogP contribution < -0.4 is 4.74 Å². The first-order valence-corrected chi connectivity index (χ1v) is 5.83. The number of rotatable bonds is 5. The van der Waals surface area contributed by atoms with Crippen LogP contribution in [0.15, 0.2) is 18.2 Å². The molecule has 0 spiro atoms. The molecule has 1 amide bonds. The lowest BCUT2D eigenvalue weighted by molar-refractivity contribution is -0.128. The van der Waals surface area contributed by atoms with Crippen LogP contribution >= 0.6 is 0 Å². The maximum atomic E-state index is 12.1. The predicted molar refractivity (Wildman–Crippen MR) is 70.0 cm³/mol. The molecule has 0 bridgehead atoms. The van der Waals surface area contributed by atoms with Gasteiger partial charge >= 0.3 is 0 Å². The number of carbonyl (C=O) groups excluding carboxylic acids is 2. The fourth-order valence-corrected chi connectivity index (χ4v) is 1.62. The summed E-state index contributed by atoms with van der Waals surface area (Å²) in [5, 5.41) is 0. The number of carbonyl (C=O) groups is 2. The van der Waals surface area contributed by atoms with Crippen LogP contribution in [0.5, 0.6) is 5.75 Å². The highest BCUT2D eigenvalue weighted by Crippen LogP contribution is 2.21. The minimum Gasteiger partial charge on any atom is -0.496 e. The lowest BCUT2D eigenvalue weighted by Gasteiger charge is -2.11. The number of ketones is 1. The molecule has 0 saturated heterocycles. The zero-order valence-electron chi connectivity index (χ0n) is 11.3. The van der Waals surface area contributed by atoms with E-state index in [9.17, 15) is 9.59 Å². The molecule has 0 fully saturated rings. The maximum Gasteiger partial charge on any atom is 0.222 e. The number of ether oxygens (including phenoxy) is 1. The van der Waals surface area contributed by atoms with E-state index >= 15 is 0 Å². The third-order valence-electron chi connectivity index (χ3n) is 2.72. The molecule has 0 saturated carbocycles. The van der Waals surface area contributed by atoms with Crippen LogP contribution in [0.25, 0.3) is 0 Å². The Bertz CT molecular complexity index is 452. The molecule has 18 heavy (non-hydrogen) atoms. The molecule has 1 aromatic rings. The van der Waals surface area contributed by atoms with Crippen LogP contribution in [0.3, 0.4) is 0 Å². The van der Waals surface area contributed by atoms with Gasteiger partial charge in [-0.15, -0.1) is 0 Å². The van der Waals surface area contributed by atoms with Crippen LogP contribution in [0.1, 0.15) is 28.8 Å². The van der Waals surface area contributed by atoms with Gasteiger partial charge in [-0.25, -0.2) is 0 Å². The van der Waals surface area contributed by atoms with Gasteiger partial charge in [0, 0.05) is 26.9 Å². The summed E-state index contributed by atoms with van der Waals surface area (Å²) in [6.45, 7) is 1.92. The molecular formula is C14H19NO3. The van der Waals surface area contributed by atoms with Crippen molar-refractivity contribution >= 4 is 11.7 Å². The zero-order chi connectivity index (χ0) is 13.7. The van der Waals surface area contributed by atoms with Crippen molar-refractivity contribution in [3.63, 3.8) is 0 Å². The van der Waals surface area contributed by atoms with Gasteiger partial charge in [-0.05, 0) is 19.1 Å². The zero-order valence-corrected chi connectivity index (χ0v) is 11.3. The second-order valence-electron chi connectivity index (χ2n) is 4.42. The minimum atomic E-state index is -0.0641. The molecule has 0 aromatic heterocycles. The highest BCUT2D eigenvalue weighted by molar-refractivity contribution is 6.00. The van der Waals surface area contributed by atoms with Crippen LogP contribution in [0.2, 0.25) is 0 Å². The van der Waals surface area contributed by atoms with Crippen LogP contribution in [-0.2, 0) is 4.79 Å². The molecule has 1 aromatic carbocycles. The molecule has 0 aliphatic heterocycles. The average molecular weight is 249 g/mol. The Labute approximate surface area is 108 Å². The van der Waals surface area contributed by atoms with Crippen molar-refractivity contribution in [2.45, 2.75) is 19.8 Å². The second-order valence-corrected chi connectivity index (χ2v) is 4.42. The van der Waals surface area contributed by atoms with Crippen molar-refractivity contribution in [2.75, 3.05) is 21.2 Å². The summed E-state index contributed by atoms with van der Waals surface area (Å²) < 4.78 is 5.16. The van der Waals surface area contributed by atoms with Gasteiger partial charge in [0.2, 0.25) is 5.91 Å². The smallest absolute Gasteiger partial charge is 0.222 e. The van der Waals surface area contributed by atoms with Crippen molar-refractivity contribution in [3.05, 3.63) is 29.3 Å². The first kappa shape index (κ1) is 14.2. The van der Waals surface area contributed by atoms with Gasteiger partial charge in [-0.1, -0.05) is 11.6 Å². The van der Waals surface area contributed by atoms with Gasteiger partial charge < -0.3 is 9.64 Å². The van der Waals surface area contributed by atoms with Crippen molar-refractivity contribution in [1.82, 2.24) is 4.90 Å². The third-order valence-corrected chi connectivity index (χ3v) is 2.72. The fourth-order valence-electron chi connectivity index (χ4n) is 1.62. The number of nitrogens with zero attached hydrogens (tertiary/aromatic N) is 1. The van der Waals surface area contributed by atoms with Crippen molar-refractivity contribution < 1.29 is 14.3 Å². The van der Waals surface area contributed by atoms with E-state index in [1.54, 1.807) is 26.2 Å². The average Bonchev–Trinajstić information content (AvgIpc) is 2.35. The van der Waals surface area contributed by atoms with E-state index in [2.05, 4.69) is 0 Å². The van der Waals surface area contributed by atoms with E-state index in [0.717, 1.165) is 5.56 Å². The summed E-state index contributed by atoms with van der Waals surface area (Å²) in [6, 6.07) is 5.46. The molecule has 0 atom stereocenters. The van der Waals surface area contributed by atoms with Crippen molar-refractivity contribution in [2.24, 2.45) is 0 Å². The van der Waals surface area contributed by atoms with Crippen molar-refractivity contribution in [1.29, 1.82) is 0 Å². The first-order chi connectivity index (χ1) is 8.45. The van der Waals surface area contributed by atoms with Gasteiger partial charge in [0.1, 0.15) is 5.75 Å². The second kappa shape index (κ2) is 6.19. The van der Waals surface area contributed by atoms with E-state index in [1.807, 2.05) is 13.0 Å². The lowest BCUT2D eigenvalue weighted by atomic mass is 10.0. The minimum absolute atomic E-state index is 0.0463. The van der Waals surface area contributed by atoms with E-state index in [1.165, 1.54) is 12.0 Å². The van der Waals surface area contributed by atoms with Gasteiger partial charge in [0.05, 0.1) is 12.7 Å². The predicted octanol–water partition coefficient (Wildman–Crippen LogP) is 2.05. The Hall–Kier alpha value is -1.84. The highest BCUT2D eigenvalue weighted by atomic mass is 16.5. The summed E-state index contributed by atoms with van der Waals surface area (Å²) in [7, 11) is 4.90. The largest absolute Gasteiger partial charge is 0.496 e. The first-order valence-electron chi connectivity index (χ1n) is 5.83. The van der Waals surface area contributed by atoms with Gasteiger partial charge in [-0.3, -0.25) is 9.59 Å². The molecule has 0 N–H and O–H groups in total.